The van der Waals surface area contributed by atoms with Crippen LogP contribution in [0.1, 0.15) is 23.2 Å². The summed E-state index contributed by atoms with van der Waals surface area (Å²) in [6, 6.07) is 3.23. The van der Waals surface area contributed by atoms with Gasteiger partial charge in [-0.25, -0.2) is 4.79 Å². The molecule has 0 N–H and O–H groups in total. The van der Waals surface area contributed by atoms with Gasteiger partial charge in [0.1, 0.15) is 11.5 Å². The molecule has 0 aliphatic rings. The molecule has 8 heteroatoms. The highest BCUT2D eigenvalue weighted by Gasteiger charge is 2.17. The van der Waals surface area contributed by atoms with Gasteiger partial charge >= 0.3 is 5.97 Å². The van der Waals surface area contributed by atoms with Gasteiger partial charge in [0.05, 0.1) is 12.1 Å². The maximum atomic E-state index is 11.7. The number of fused-ring (bicyclic) bond motifs is 1. The van der Waals surface area contributed by atoms with E-state index in [0.717, 1.165) is 6.08 Å². The average Bonchev–Trinajstić information content (AvgIpc) is 2.97. The first-order valence-electron chi connectivity index (χ1n) is 6.10. The zero-order chi connectivity index (χ0) is 15.4. The third-order valence-electron chi connectivity index (χ3n) is 2.77. The van der Waals surface area contributed by atoms with E-state index in [9.17, 15) is 9.59 Å². The number of amides is 1. The van der Waals surface area contributed by atoms with E-state index in [1.54, 1.807) is 30.7 Å². The highest BCUT2D eigenvalue weighted by molar-refractivity contribution is 5.95. The quantitative estimate of drug-likeness (QED) is 0.283. The lowest BCUT2D eigenvalue weighted by molar-refractivity contribution is -0.113. The number of carbonyl (C=O) groups is 2. The van der Waals surface area contributed by atoms with Crippen molar-refractivity contribution >= 4 is 29.1 Å². The van der Waals surface area contributed by atoms with Crippen LogP contribution >= 0.6 is 0 Å². The molecule has 0 spiro atoms. The SMILES string of the molecule is CCOC(=O)c1cc2oc(C=CC(=O)N=[N+]=[N-])cc2n1C. The van der Waals surface area contributed by atoms with Crippen molar-refractivity contribution in [3.8, 4) is 0 Å². The molecule has 21 heavy (non-hydrogen) atoms. The second-order valence-corrected chi connectivity index (χ2v) is 4.07. The molecule has 108 valence electrons. The van der Waals surface area contributed by atoms with Crippen molar-refractivity contribution in [2.24, 2.45) is 12.2 Å². The highest BCUT2D eigenvalue weighted by Crippen LogP contribution is 2.24. The van der Waals surface area contributed by atoms with Gasteiger partial charge in [0.2, 0.25) is 5.91 Å². The van der Waals surface area contributed by atoms with Gasteiger partial charge in [-0.2, -0.15) is 0 Å². The Hall–Kier alpha value is -2.99. The monoisotopic (exact) mass is 288 g/mol. The van der Waals surface area contributed by atoms with Crippen molar-refractivity contribution in [1.29, 1.82) is 0 Å². The zero-order valence-corrected chi connectivity index (χ0v) is 11.4. The Morgan fingerprint density at radius 2 is 2.29 bits per heavy atom. The number of ether oxygens (including phenoxy) is 1. The van der Waals surface area contributed by atoms with E-state index in [1.165, 1.54) is 6.08 Å². The lowest BCUT2D eigenvalue weighted by atomic mass is 10.4. The number of hydrogen-bond acceptors (Lipinski definition) is 4. The molecular weight excluding hydrogens is 276 g/mol. The fourth-order valence-electron chi connectivity index (χ4n) is 1.84. The Bertz CT molecular complexity index is 778. The van der Waals surface area contributed by atoms with Crippen LogP contribution in [0.4, 0.5) is 0 Å². The van der Waals surface area contributed by atoms with Crippen molar-refractivity contribution in [1.82, 2.24) is 4.57 Å². The molecule has 2 aromatic heterocycles. The normalized spacial score (nSPS) is 10.8. The lowest BCUT2D eigenvalue weighted by Crippen LogP contribution is -2.09. The molecule has 1 amide bonds. The molecule has 0 saturated heterocycles. The fourth-order valence-corrected chi connectivity index (χ4v) is 1.84. The number of rotatable bonds is 4. The first-order valence-corrected chi connectivity index (χ1v) is 6.10. The van der Waals surface area contributed by atoms with Crippen molar-refractivity contribution in [2.75, 3.05) is 6.61 Å². The number of azide groups is 1. The highest BCUT2D eigenvalue weighted by atomic mass is 16.5. The van der Waals surface area contributed by atoms with Gasteiger partial charge in [0.15, 0.2) is 5.58 Å². The van der Waals surface area contributed by atoms with Gasteiger partial charge < -0.3 is 13.7 Å². The first-order chi connectivity index (χ1) is 10.1. The fraction of sp³-hybridized carbons (Fsp3) is 0.231. The summed E-state index contributed by atoms with van der Waals surface area (Å²) in [5.41, 5.74) is 9.68. The molecule has 0 atom stereocenters. The Morgan fingerprint density at radius 3 is 2.90 bits per heavy atom. The summed E-state index contributed by atoms with van der Waals surface area (Å²) in [4.78, 5) is 25.1. The zero-order valence-electron chi connectivity index (χ0n) is 11.4. The van der Waals surface area contributed by atoms with Gasteiger partial charge in [-0.1, -0.05) is 0 Å². The number of carbonyl (C=O) groups excluding carboxylic acids is 2. The Morgan fingerprint density at radius 1 is 1.52 bits per heavy atom. The van der Waals surface area contributed by atoms with Crippen LogP contribution in [0.2, 0.25) is 0 Å². The van der Waals surface area contributed by atoms with Crippen molar-refractivity contribution in [3.63, 3.8) is 0 Å². The number of aromatic nitrogens is 1. The van der Waals surface area contributed by atoms with Gasteiger partial charge in [0.25, 0.3) is 0 Å². The van der Waals surface area contributed by atoms with Crippen LogP contribution in [0.3, 0.4) is 0 Å². The van der Waals surface area contributed by atoms with E-state index in [1.807, 2.05) is 0 Å². The summed E-state index contributed by atoms with van der Waals surface area (Å²) in [6.45, 7) is 2.02. The van der Waals surface area contributed by atoms with Crippen LogP contribution < -0.4 is 0 Å². The number of esters is 1. The summed E-state index contributed by atoms with van der Waals surface area (Å²) in [5.74, 6) is -0.736. The van der Waals surface area contributed by atoms with E-state index in [-0.39, 0.29) is 0 Å². The summed E-state index contributed by atoms with van der Waals surface area (Å²) in [6.07, 6.45) is 2.49. The average molecular weight is 288 g/mol. The minimum atomic E-state index is -0.717. The molecule has 0 fully saturated rings. The third kappa shape index (κ3) is 2.96. The Labute approximate surface area is 119 Å². The van der Waals surface area contributed by atoms with E-state index in [2.05, 4.69) is 10.0 Å². The molecular formula is C13H12N4O4. The second-order valence-electron chi connectivity index (χ2n) is 4.07. The smallest absolute Gasteiger partial charge is 0.355 e. The lowest BCUT2D eigenvalue weighted by Gasteiger charge is -2.02. The first kappa shape index (κ1) is 14.4. The third-order valence-corrected chi connectivity index (χ3v) is 2.77. The van der Waals surface area contributed by atoms with Crippen molar-refractivity contribution < 1.29 is 18.7 Å². The largest absolute Gasteiger partial charge is 0.461 e. The maximum Gasteiger partial charge on any atom is 0.355 e. The van der Waals surface area contributed by atoms with Gasteiger partial charge in [-0.15, -0.1) is 0 Å². The van der Waals surface area contributed by atoms with Gasteiger partial charge in [-0.05, 0) is 29.7 Å². The molecule has 0 saturated carbocycles. The predicted octanol–water partition coefficient (Wildman–Crippen LogP) is 2.80. The molecule has 0 unspecified atom stereocenters. The van der Waals surface area contributed by atoms with Gasteiger partial charge in [0, 0.05) is 24.1 Å². The molecule has 2 aromatic rings. The number of furan rings is 1. The second kappa shape index (κ2) is 5.98. The molecule has 0 bridgehead atoms. The van der Waals surface area contributed by atoms with Crippen LogP contribution in [-0.2, 0) is 16.6 Å². The number of hydrogen-bond donors (Lipinski definition) is 0. The summed E-state index contributed by atoms with van der Waals surface area (Å²) >= 11 is 0. The van der Waals surface area contributed by atoms with Crippen LogP contribution in [0.15, 0.2) is 27.7 Å². The maximum absolute atomic E-state index is 11.7. The van der Waals surface area contributed by atoms with E-state index in [0.29, 0.717) is 29.2 Å². The topological polar surface area (TPSA) is 110 Å². The summed E-state index contributed by atoms with van der Waals surface area (Å²) in [7, 11) is 1.71. The van der Waals surface area contributed by atoms with Crippen molar-refractivity contribution in [3.05, 3.63) is 40.1 Å². The van der Waals surface area contributed by atoms with Crippen LogP contribution in [0.5, 0.6) is 0 Å². The Kier molecular flexibility index (Phi) is 4.10. The van der Waals surface area contributed by atoms with E-state index >= 15 is 0 Å². The molecule has 0 aliphatic heterocycles. The minimum Gasteiger partial charge on any atom is -0.461 e. The molecule has 8 nitrogen and oxygen atoms in total. The number of aryl methyl sites for hydroxylation is 1. The molecule has 0 aliphatic carbocycles. The minimum absolute atomic E-state index is 0.293. The van der Waals surface area contributed by atoms with Crippen LogP contribution in [0.25, 0.3) is 27.6 Å². The van der Waals surface area contributed by atoms with Crippen LogP contribution in [0, 0.1) is 0 Å². The number of nitrogens with zero attached hydrogens (tertiary/aromatic N) is 4. The summed E-state index contributed by atoms with van der Waals surface area (Å²) < 4.78 is 12.1. The predicted molar refractivity (Wildman–Crippen MR) is 74.3 cm³/mol. The standard InChI is InChI=1S/C13H12N4O4/c1-3-20-13(19)10-7-11-9(17(10)2)6-8(21-11)4-5-12(18)15-16-14/h4-7H,3H2,1-2H3. The van der Waals surface area contributed by atoms with E-state index < -0.39 is 11.9 Å². The van der Waals surface area contributed by atoms with E-state index in [4.69, 9.17) is 14.7 Å². The van der Waals surface area contributed by atoms with Gasteiger partial charge in [-0.3, -0.25) is 4.79 Å². The molecule has 2 rings (SSSR count). The molecule has 0 radical (unpaired) electrons. The molecule has 0 aromatic carbocycles. The van der Waals surface area contributed by atoms with Crippen LogP contribution in [-0.4, -0.2) is 23.1 Å². The Balaban J connectivity index is 2.30. The van der Waals surface area contributed by atoms with Crippen molar-refractivity contribution in [2.45, 2.75) is 6.92 Å². The molecule has 2 heterocycles. The summed E-state index contributed by atoms with van der Waals surface area (Å²) in [5, 5.41) is 2.90.